The molecule has 2 aliphatic rings. The number of carbonyl (C=O) groups excluding carboxylic acids is 1. The van der Waals surface area contributed by atoms with Crippen molar-refractivity contribution in [3.05, 3.63) is 0 Å². The fraction of sp³-hybridized carbons (Fsp3) is 0.786. The zero-order valence-corrected chi connectivity index (χ0v) is 13.7. The van der Waals surface area contributed by atoms with E-state index in [4.69, 9.17) is 19.7 Å². The molecule has 0 aromatic heterocycles. The van der Waals surface area contributed by atoms with Gasteiger partial charge in [-0.25, -0.2) is 0 Å². The fourth-order valence-corrected chi connectivity index (χ4v) is 2.72. The molecule has 5 N–H and O–H groups in total. The lowest BCUT2D eigenvalue weighted by atomic mass is 9.72. The normalized spacial score (nSPS) is 26.8. The molecule has 9 nitrogen and oxygen atoms in total. The topological polar surface area (TPSA) is 145 Å². The van der Waals surface area contributed by atoms with E-state index >= 15 is 0 Å². The number of carboxylic acid groups (broad SMARTS) is 2. The standard InChI is InChI=1S/C12H21BN2O5.C2H4O2/c16-11(17)7-8-4-5-10(13(19)20-8)15-12(18)9-3-1-2-6-14-9;1-2(3)4/h8-10,14,19H,1-7H2,(H,15,18)(H,16,17);1H3,(H,3,4)/t8-,9-,10-;/m0./s1. The molecule has 0 aromatic carbocycles. The molecular weight excluding hydrogens is 319 g/mol. The molecule has 0 spiro atoms. The van der Waals surface area contributed by atoms with Gasteiger partial charge in [-0.15, -0.1) is 0 Å². The Hall–Kier alpha value is -1.65. The lowest BCUT2D eigenvalue weighted by Crippen LogP contribution is -2.57. The van der Waals surface area contributed by atoms with Crippen LogP contribution in [0.25, 0.3) is 0 Å². The quantitative estimate of drug-likeness (QED) is 0.424. The number of rotatable bonds is 4. The van der Waals surface area contributed by atoms with Gasteiger partial charge in [-0.1, -0.05) is 6.42 Å². The Morgan fingerprint density at radius 1 is 1.21 bits per heavy atom. The van der Waals surface area contributed by atoms with E-state index in [1.807, 2.05) is 0 Å². The monoisotopic (exact) mass is 344 g/mol. The number of nitrogens with one attached hydrogen (secondary N) is 2. The molecule has 1 amide bonds. The smallest absolute Gasteiger partial charge is 0.478 e. The number of carboxylic acids is 2. The van der Waals surface area contributed by atoms with Gasteiger partial charge in [0.1, 0.15) is 0 Å². The Morgan fingerprint density at radius 3 is 2.38 bits per heavy atom. The minimum Gasteiger partial charge on any atom is -0.481 e. The third-order valence-corrected chi connectivity index (χ3v) is 3.83. The highest BCUT2D eigenvalue weighted by Crippen LogP contribution is 2.19. The number of hydrogen-bond acceptors (Lipinski definition) is 6. The Labute approximate surface area is 140 Å². The Bertz CT molecular complexity index is 439. The first-order chi connectivity index (χ1) is 11.3. The number of hydrogen-bond donors (Lipinski definition) is 5. The summed E-state index contributed by atoms with van der Waals surface area (Å²) in [5.41, 5.74) is 0. The van der Waals surface area contributed by atoms with Crippen molar-refractivity contribution < 1.29 is 34.3 Å². The van der Waals surface area contributed by atoms with Crippen LogP contribution >= 0.6 is 0 Å². The summed E-state index contributed by atoms with van der Waals surface area (Å²) in [5, 5.41) is 31.9. The number of aliphatic carboxylic acids is 2. The molecule has 10 heteroatoms. The van der Waals surface area contributed by atoms with Crippen LogP contribution in [0, 0.1) is 0 Å². The van der Waals surface area contributed by atoms with Crippen LogP contribution in [0.15, 0.2) is 0 Å². The van der Waals surface area contributed by atoms with Crippen molar-refractivity contribution in [1.82, 2.24) is 10.6 Å². The molecule has 2 fully saturated rings. The molecular formula is C14H25BN2O7. The van der Waals surface area contributed by atoms with Crippen molar-refractivity contribution in [3.8, 4) is 0 Å². The summed E-state index contributed by atoms with van der Waals surface area (Å²) in [4.78, 5) is 31.6. The maximum atomic E-state index is 12.0. The van der Waals surface area contributed by atoms with Gasteiger partial charge >= 0.3 is 13.1 Å². The summed E-state index contributed by atoms with van der Waals surface area (Å²) in [6, 6.07) is -0.201. The SMILES string of the molecule is CC(=O)O.O=C(O)C[C@@H]1CC[C@H](NC(=O)[C@@H]2CCCCN2)B(O)O1. The second-order valence-electron chi connectivity index (χ2n) is 5.96. The van der Waals surface area contributed by atoms with E-state index in [1.165, 1.54) is 0 Å². The van der Waals surface area contributed by atoms with Gasteiger partial charge in [0.05, 0.1) is 24.5 Å². The molecule has 0 aromatic rings. The fourth-order valence-electron chi connectivity index (χ4n) is 2.72. The number of piperidine rings is 1. The van der Waals surface area contributed by atoms with Gasteiger partial charge in [-0.3, -0.25) is 14.4 Å². The van der Waals surface area contributed by atoms with Crippen molar-refractivity contribution >= 4 is 25.0 Å². The Kier molecular flexibility index (Phi) is 8.73. The van der Waals surface area contributed by atoms with Gasteiger partial charge in [-0.05, 0) is 32.2 Å². The van der Waals surface area contributed by atoms with Crippen LogP contribution in [0.1, 0.15) is 45.4 Å². The van der Waals surface area contributed by atoms with Crippen LogP contribution in [-0.4, -0.2) is 64.8 Å². The van der Waals surface area contributed by atoms with Gasteiger partial charge in [0.2, 0.25) is 5.91 Å². The third kappa shape index (κ3) is 7.76. The second-order valence-corrected chi connectivity index (χ2v) is 5.96. The number of carbonyl (C=O) groups is 3. The van der Waals surface area contributed by atoms with Crippen molar-refractivity contribution in [3.63, 3.8) is 0 Å². The Morgan fingerprint density at radius 2 is 1.88 bits per heavy atom. The Balaban J connectivity index is 0.000000648. The van der Waals surface area contributed by atoms with E-state index in [0.717, 1.165) is 32.7 Å². The van der Waals surface area contributed by atoms with Crippen molar-refractivity contribution in [2.24, 2.45) is 0 Å². The highest BCUT2D eigenvalue weighted by atomic mass is 16.5. The van der Waals surface area contributed by atoms with Gasteiger partial charge in [0.15, 0.2) is 0 Å². The third-order valence-electron chi connectivity index (χ3n) is 3.83. The lowest BCUT2D eigenvalue weighted by molar-refractivity contribution is -0.139. The average molecular weight is 344 g/mol. The first-order valence-corrected chi connectivity index (χ1v) is 8.08. The van der Waals surface area contributed by atoms with Crippen LogP contribution in [0.2, 0.25) is 0 Å². The summed E-state index contributed by atoms with van der Waals surface area (Å²) in [7, 11) is -1.14. The maximum Gasteiger partial charge on any atom is 0.478 e. The molecule has 0 aliphatic carbocycles. The molecule has 24 heavy (non-hydrogen) atoms. The van der Waals surface area contributed by atoms with Gasteiger partial charge in [0, 0.05) is 6.92 Å². The van der Waals surface area contributed by atoms with Crippen LogP contribution in [-0.2, 0) is 19.0 Å². The highest BCUT2D eigenvalue weighted by molar-refractivity contribution is 6.45. The summed E-state index contributed by atoms with van der Waals surface area (Å²) in [6.07, 6.45) is 3.34. The molecule has 2 rings (SSSR count). The van der Waals surface area contributed by atoms with Crippen molar-refractivity contribution in [2.75, 3.05) is 6.54 Å². The van der Waals surface area contributed by atoms with E-state index in [0.29, 0.717) is 12.8 Å². The van der Waals surface area contributed by atoms with Crippen molar-refractivity contribution in [2.45, 2.75) is 63.5 Å². The van der Waals surface area contributed by atoms with Gasteiger partial charge < -0.3 is 30.5 Å². The van der Waals surface area contributed by atoms with E-state index in [-0.39, 0.29) is 18.4 Å². The van der Waals surface area contributed by atoms with Crippen LogP contribution in [0.4, 0.5) is 0 Å². The van der Waals surface area contributed by atoms with E-state index < -0.39 is 31.1 Å². The molecule has 0 bridgehead atoms. The van der Waals surface area contributed by atoms with E-state index in [1.54, 1.807) is 0 Å². The van der Waals surface area contributed by atoms with Crippen molar-refractivity contribution in [1.29, 1.82) is 0 Å². The summed E-state index contributed by atoms with van der Waals surface area (Å²) in [5.74, 6) is -2.36. The first kappa shape index (κ1) is 20.4. The maximum absolute atomic E-state index is 12.0. The summed E-state index contributed by atoms with van der Waals surface area (Å²) in [6.45, 7) is 1.92. The highest BCUT2D eigenvalue weighted by Gasteiger charge is 2.37. The zero-order chi connectivity index (χ0) is 18.1. The molecule has 0 saturated carbocycles. The summed E-state index contributed by atoms with van der Waals surface area (Å²) >= 11 is 0. The zero-order valence-electron chi connectivity index (χ0n) is 13.7. The van der Waals surface area contributed by atoms with E-state index in [2.05, 4.69) is 10.6 Å². The molecule has 0 radical (unpaired) electrons. The molecule has 2 aliphatic heterocycles. The average Bonchev–Trinajstić information content (AvgIpc) is 2.49. The minimum absolute atomic E-state index is 0.117. The largest absolute Gasteiger partial charge is 0.481 e. The molecule has 2 saturated heterocycles. The van der Waals surface area contributed by atoms with Crippen LogP contribution in [0.5, 0.6) is 0 Å². The second kappa shape index (κ2) is 10.3. The molecule has 136 valence electrons. The lowest BCUT2D eigenvalue weighted by Gasteiger charge is -2.32. The van der Waals surface area contributed by atoms with Gasteiger partial charge in [0.25, 0.3) is 5.97 Å². The van der Waals surface area contributed by atoms with E-state index in [9.17, 15) is 14.6 Å². The predicted molar refractivity (Wildman–Crippen MR) is 85.2 cm³/mol. The summed E-state index contributed by atoms with van der Waals surface area (Å²) < 4.78 is 5.24. The first-order valence-electron chi connectivity index (χ1n) is 8.08. The molecule has 3 atom stereocenters. The molecule has 0 unspecified atom stereocenters. The molecule has 2 heterocycles. The van der Waals surface area contributed by atoms with Crippen LogP contribution < -0.4 is 10.6 Å². The predicted octanol–water partition coefficient (Wildman–Crippen LogP) is -0.622. The van der Waals surface area contributed by atoms with Crippen LogP contribution in [0.3, 0.4) is 0 Å². The minimum atomic E-state index is -1.14. The number of amides is 1. The van der Waals surface area contributed by atoms with Gasteiger partial charge in [-0.2, -0.15) is 0 Å².